The average Bonchev–Trinajstić information content (AvgIpc) is 2.71. The van der Waals surface area contributed by atoms with Crippen LogP contribution in [-0.4, -0.2) is 47.8 Å². The molecule has 6 heteroatoms. The summed E-state index contributed by atoms with van der Waals surface area (Å²) in [5.74, 6) is 0. The van der Waals surface area contributed by atoms with Crippen molar-refractivity contribution < 1.29 is 9.53 Å². The minimum absolute atomic E-state index is 0.236. The zero-order valence-corrected chi connectivity index (χ0v) is 13.7. The lowest BCUT2D eigenvalue weighted by Crippen LogP contribution is -2.39. The Labute approximate surface area is 132 Å². The van der Waals surface area contributed by atoms with Gasteiger partial charge < -0.3 is 20.3 Å². The first kappa shape index (κ1) is 16.5. The molecule has 1 saturated heterocycles. The number of nitrogens with two attached hydrogens (primary N) is 1. The number of anilines is 1. The van der Waals surface area contributed by atoms with E-state index in [1.165, 1.54) is 0 Å². The molecule has 6 nitrogen and oxygen atoms in total. The lowest BCUT2D eigenvalue weighted by atomic mass is 10.2. The maximum atomic E-state index is 12.2. The normalized spacial score (nSPS) is 16.4. The fourth-order valence-corrected chi connectivity index (χ4v) is 2.54. The molecule has 1 aromatic heterocycles. The molecule has 0 radical (unpaired) electrons. The summed E-state index contributed by atoms with van der Waals surface area (Å²) in [7, 11) is 0. The van der Waals surface area contributed by atoms with E-state index in [9.17, 15) is 4.79 Å². The molecule has 0 spiro atoms. The summed E-state index contributed by atoms with van der Waals surface area (Å²) in [6.07, 6.45) is 4.28. The van der Waals surface area contributed by atoms with Crippen LogP contribution in [0, 0.1) is 0 Å². The van der Waals surface area contributed by atoms with E-state index in [0.29, 0.717) is 19.6 Å². The van der Waals surface area contributed by atoms with Gasteiger partial charge in [0.05, 0.1) is 11.9 Å². The van der Waals surface area contributed by atoms with E-state index in [4.69, 9.17) is 10.5 Å². The molecule has 122 valence electrons. The van der Waals surface area contributed by atoms with Gasteiger partial charge in [-0.3, -0.25) is 4.98 Å². The number of carbonyl (C=O) groups is 1. The second kappa shape index (κ2) is 6.96. The highest BCUT2D eigenvalue weighted by Crippen LogP contribution is 2.21. The fourth-order valence-electron chi connectivity index (χ4n) is 2.54. The summed E-state index contributed by atoms with van der Waals surface area (Å²) in [5, 5.41) is 0. The first-order valence-corrected chi connectivity index (χ1v) is 7.76. The van der Waals surface area contributed by atoms with Crippen molar-refractivity contribution in [1.29, 1.82) is 0 Å². The monoisotopic (exact) mass is 306 g/mol. The third kappa shape index (κ3) is 4.34. The van der Waals surface area contributed by atoms with Crippen LogP contribution in [0.4, 0.5) is 10.5 Å². The highest BCUT2D eigenvalue weighted by atomic mass is 16.6. The number of nitrogens with zero attached hydrogens (tertiary/aromatic N) is 3. The van der Waals surface area contributed by atoms with Crippen LogP contribution in [-0.2, 0) is 11.3 Å². The number of ether oxygens (including phenoxy) is 1. The Bertz CT molecular complexity index is 513. The predicted octanol–water partition coefficient (Wildman–Crippen LogP) is 1.99. The summed E-state index contributed by atoms with van der Waals surface area (Å²) in [5.41, 5.74) is 7.49. The van der Waals surface area contributed by atoms with Crippen LogP contribution in [0.1, 0.15) is 32.8 Å². The maximum absolute atomic E-state index is 12.2. The molecule has 1 aliphatic heterocycles. The first-order chi connectivity index (χ1) is 10.4. The SMILES string of the molecule is CC(C)(C)OC(=O)N1CCCN(c2cnccc2CN)CC1. The van der Waals surface area contributed by atoms with Gasteiger partial charge in [-0.15, -0.1) is 0 Å². The molecule has 0 bridgehead atoms. The Kier molecular flexibility index (Phi) is 5.24. The standard InChI is InChI=1S/C16H26N4O2/c1-16(2,3)22-15(21)20-8-4-7-19(9-10-20)14-12-18-6-5-13(14)11-17/h5-6,12H,4,7-11,17H2,1-3H3. The lowest BCUT2D eigenvalue weighted by molar-refractivity contribution is 0.0263. The van der Waals surface area contributed by atoms with Crippen molar-refractivity contribution in [1.82, 2.24) is 9.88 Å². The van der Waals surface area contributed by atoms with Gasteiger partial charge in [-0.25, -0.2) is 4.79 Å². The van der Waals surface area contributed by atoms with Gasteiger partial charge in [-0.2, -0.15) is 0 Å². The van der Waals surface area contributed by atoms with Crippen LogP contribution in [0.2, 0.25) is 0 Å². The molecular weight excluding hydrogens is 280 g/mol. The van der Waals surface area contributed by atoms with E-state index in [0.717, 1.165) is 30.8 Å². The van der Waals surface area contributed by atoms with E-state index < -0.39 is 5.60 Å². The molecule has 0 atom stereocenters. The molecule has 1 fully saturated rings. The van der Waals surface area contributed by atoms with Crippen LogP contribution in [0.25, 0.3) is 0 Å². The summed E-state index contributed by atoms with van der Waals surface area (Å²) in [6, 6.07) is 1.95. The zero-order chi connectivity index (χ0) is 16.2. The van der Waals surface area contributed by atoms with Crippen LogP contribution in [0.5, 0.6) is 0 Å². The van der Waals surface area contributed by atoms with Gasteiger partial charge in [0.1, 0.15) is 5.60 Å². The van der Waals surface area contributed by atoms with Crippen molar-refractivity contribution in [2.24, 2.45) is 5.73 Å². The molecule has 22 heavy (non-hydrogen) atoms. The fraction of sp³-hybridized carbons (Fsp3) is 0.625. The highest BCUT2D eigenvalue weighted by molar-refractivity contribution is 5.68. The molecule has 2 N–H and O–H groups in total. The van der Waals surface area contributed by atoms with E-state index in [2.05, 4.69) is 9.88 Å². The summed E-state index contributed by atoms with van der Waals surface area (Å²) < 4.78 is 5.45. The molecule has 2 heterocycles. The molecule has 2 rings (SSSR count). The summed E-state index contributed by atoms with van der Waals surface area (Å²) in [6.45, 7) is 9.16. The Morgan fingerprint density at radius 1 is 1.32 bits per heavy atom. The minimum atomic E-state index is -0.459. The van der Waals surface area contributed by atoms with Gasteiger partial charge in [0.25, 0.3) is 0 Å². The quantitative estimate of drug-likeness (QED) is 0.904. The Morgan fingerprint density at radius 2 is 2.09 bits per heavy atom. The number of rotatable bonds is 2. The van der Waals surface area contributed by atoms with Gasteiger partial charge in [0, 0.05) is 38.9 Å². The van der Waals surface area contributed by atoms with Crippen LogP contribution in [0.15, 0.2) is 18.5 Å². The molecule has 0 unspecified atom stereocenters. The topological polar surface area (TPSA) is 71.7 Å². The van der Waals surface area contributed by atoms with Crippen LogP contribution >= 0.6 is 0 Å². The van der Waals surface area contributed by atoms with Gasteiger partial charge in [-0.1, -0.05) is 0 Å². The van der Waals surface area contributed by atoms with Crippen LogP contribution in [0.3, 0.4) is 0 Å². The molecule has 0 aromatic carbocycles. The second-order valence-electron chi connectivity index (χ2n) is 6.52. The molecule has 1 amide bonds. The van der Waals surface area contributed by atoms with Gasteiger partial charge >= 0.3 is 6.09 Å². The third-order valence-corrected chi connectivity index (χ3v) is 3.60. The smallest absolute Gasteiger partial charge is 0.410 e. The van der Waals surface area contributed by atoms with E-state index >= 15 is 0 Å². The van der Waals surface area contributed by atoms with Gasteiger partial charge in [0.2, 0.25) is 0 Å². The zero-order valence-electron chi connectivity index (χ0n) is 13.7. The number of carbonyl (C=O) groups excluding carboxylic acids is 1. The number of hydrogen-bond donors (Lipinski definition) is 1. The summed E-state index contributed by atoms with van der Waals surface area (Å²) in [4.78, 5) is 20.4. The maximum Gasteiger partial charge on any atom is 0.410 e. The third-order valence-electron chi connectivity index (χ3n) is 3.60. The average molecular weight is 306 g/mol. The predicted molar refractivity (Wildman–Crippen MR) is 86.8 cm³/mol. The van der Waals surface area contributed by atoms with Crippen LogP contribution < -0.4 is 10.6 Å². The van der Waals surface area contributed by atoms with Crippen molar-refractivity contribution >= 4 is 11.8 Å². The van der Waals surface area contributed by atoms with Crippen molar-refractivity contribution in [2.45, 2.75) is 39.3 Å². The van der Waals surface area contributed by atoms with Crippen molar-refractivity contribution in [3.05, 3.63) is 24.0 Å². The number of hydrogen-bond acceptors (Lipinski definition) is 5. The van der Waals surface area contributed by atoms with Gasteiger partial charge in [0.15, 0.2) is 0 Å². The molecule has 0 aliphatic carbocycles. The minimum Gasteiger partial charge on any atom is -0.444 e. The molecule has 1 aliphatic rings. The lowest BCUT2D eigenvalue weighted by Gasteiger charge is -2.27. The Morgan fingerprint density at radius 3 is 2.77 bits per heavy atom. The Balaban J connectivity index is 2.02. The summed E-state index contributed by atoms with van der Waals surface area (Å²) >= 11 is 0. The van der Waals surface area contributed by atoms with E-state index in [-0.39, 0.29) is 6.09 Å². The molecular formula is C16H26N4O2. The van der Waals surface area contributed by atoms with E-state index in [1.807, 2.05) is 33.0 Å². The number of aromatic nitrogens is 1. The molecule has 1 aromatic rings. The largest absolute Gasteiger partial charge is 0.444 e. The highest BCUT2D eigenvalue weighted by Gasteiger charge is 2.25. The second-order valence-corrected chi connectivity index (χ2v) is 6.52. The van der Waals surface area contributed by atoms with Crippen molar-refractivity contribution in [3.63, 3.8) is 0 Å². The number of amides is 1. The number of pyridine rings is 1. The van der Waals surface area contributed by atoms with E-state index in [1.54, 1.807) is 11.1 Å². The van der Waals surface area contributed by atoms with Gasteiger partial charge in [-0.05, 0) is 38.8 Å². The van der Waals surface area contributed by atoms with Crippen molar-refractivity contribution in [2.75, 3.05) is 31.1 Å². The first-order valence-electron chi connectivity index (χ1n) is 7.76. The van der Waals surface area contributed by atoms with Crippen molar-refractivity contribution in [3.8, 4) is 0 Å². The molecule has 0 saturated carbocycles. The Hall–Kier alpha value is -1.82.